The Morgan fingerprint density at radius 2 is 0.947 bits per heavy atom. The van der Waals surface area contributed by atoms with Crippen molar-refractivity contribution in [1.82, 2.24) is 0 Å². The Morgan fingerprint density at radius 1 is 0.395 bits per heavy atom. The molecule has 0 amide bonds. The van der Waals surface area contributed by atoms with Crippen molar-refractivity contribution >= 4 is 112 Å². The molecule has 0 aliphatic carbocycles. The summed E-state index contributed by atoms with van der Waals surface area (Å²) in [6, 6.07) is 78.7. The van der Waals surface area contributed by atoms with Crippen LogP contribution in [0.2, 0.25) is 0 Å². The Kier molecular flexibility index (Phi) is 9.72. The van der Waals surface area contributed by atoms with E-state index < -0.39 is 0 Å². The van der Waals surface area contributed by atoms with Gasteiger partial charge in [0.1, 0.15) is 16.7 Å². The molecule has 0 fully saturated rings. The number of fused-ring (bicyclic) bond motifs is 12. The van der Waals surface area contributed by atoms with Crippen molar-refractivity contribution in [3.8, 4) is 43.1 Å². The van der Waals surface area contributed by atoms with Crippen molar-refractivity contribution in [2.45, 2.75) is 52.4 Å². The molecule has 2 aliphatic heterocycles. The van der Waals surface area contributed by atoms with Gasteiger partial charge in [0.15, 0.2) is 5.58 Å². The van der Waals surface area contributed by atoms with Crippen molar-refractivity contribution in [3.63, 3.8) is 0 Å². The highest BCUT2D eigenvalue weighted by Crippen LogP contribution is 2.55. The van der Waals surface area contributed by atoms with E-state index in [0.717, 1.165) is 89.0 Å². The zero-order valence-electron chi connectivity index (χ0n) is 43.4. The van der Waals surface area contributed by atoms with Crippen LogP contribution in [0, 0.1) is 0 Å². The minimum Gasteiger partial charge on any atom is -0.456 e. The van der Waals surface area contributed by atoms with Crippen LogP contribution >= 0.6 is 11.3 Å². The molecule has 2 aliphatic rings. The Bertz CT molecular complexity index is 4480. The number of rotatable bonds is 5. The summed E-state index contributed by atoms with van der Waals surface area (Å²) in [5, 5.41) is 6.83. The maximum absolute atomic E-state index is 7.38. The molecule has 0 radical (unpaired) electrons. The Balaban J connectivity index is 1.15. The topological polar surface area (TPSA) is 32.8 Å². The van der Waals surface area contributed by atoms with Crippen molar-refractivity contribution in [1.29, 1.82) is 0 Å². The Labute approximate surface area is 447 Å². The van der Waals surface area contributed by atoms with E-state index >= 15 is 0 Å². The Hall–Kier alpha value is -8.58. The quantitative estimate of drug-likeness (QED) is 0.161. The lowest BCUT2D eigenvalue weighted by atomic mass is 9.43. The lowest BCUT2D eigenvalue weighted by Crippen LogP contribution is -2.61. The summed E-state index contributed by atoms with van der Waals surface area (Å²) < 4.78 is 14.2. The SMILES string of the molecule is CC(C)(C)c1ccc(N2B3c4cc5c(-c6ccccc6)sc(-c6ccccc6)c5cc4N(c4ccc(C(C)(C)C)cc4-c4ccccc4)c4c3c(cc3c4oc4ccccc43)-c3cc4c(cc32)oc2ccccc24)cc1. The molecule has 0 spiro atoms. The van der Waals surface area contributed by atoms with E-state index in [0.29, 0.717) is 0 Å². The van der Waals surface area contributed by atoms with Crippen LogP contribution < -0.4 is 20.6 Å². The first-order valence-corrected chi connectivity index (χ1v) is 27.3. The second kappa shape index (κ2) is 16.5. The van der Waals surface area contributed by atoms with Crippen molar-refractivity contribution in [2.24, 2.45) is 0 Å². The fraction of sp³-hybridized carbons (Fsp3) is 0.114. The van der Waals surface area contributed by atoms with E-state index in [4.69, 9.17) is 8.83 Å². The van der Waals surface area contributed by atoms with Gasteiger partial charge in [-0.1, -0.05) is 193 Å². The third-order valence-electron chi connectivity index (χ3n) is 16.2. The molecule has 5 heterocycles. The van der Waals surface area contributed by atoms with Crippen LogP contribution in [0.25, 0.3) is 97.8 Å². The molecule has 0 saturated carbocycles. The van der Waals surface area contributed by atoms with E-state index in [1.807, 2.05) is 11.3 Å². The second-order valence-electron chi connectivity index (χ2n) is 22.8. The average Bonchev–Trinajstić information content (AvgIpc) is 4.14. The molecular formula is C70H53BN2O2S. The smallest absolute Gasteiger partial charge is 0.333 e. The van der Waals surface area contributed by atoms with E-state index in [1.54, 1.807) is 0 Å². The number of hydrogen-bond acceptors (Lipinski definition) is 5. The fourth-order valence-corrected chi connectivity index (χ4v) is 13.6. The predicted molar refractivity (Wildman–Crippen MR) is 324 cm³/mol. The molecule has 76 heavy (non-hydrogen) atoms. The zero-order valence-corrected chi connectivity index (χ0v) is 44.2. The van der Waals surface area contributed by atoms with E-state index in [1.165, 1.54) is 59.3 Å². The maximum atomic E-state index is 7.38. The van der Waals surface area contributed by atoms with Crippen LogP contribution in [0.15, 0.2) is 221 Å². The molecule has 13 aromatic rings. The summed E-state index contributed by atoms with van der Waals surface area (Å²) in [5.74, 6) is 0. The van der Waals surface area contributed by atoms with E-state index in [-0.39, 0.29) is 17.7 Å². The van der Waals surface area contributed by atoms with Gasteiger partial charge >= 0.3 is 6.85 Å². The number of para-hydroxylation sites is 2. The molecule has 0 saturated heterocycles. The van der Waals surface area contributed by atoms with Crippen LogP contribution in [0.3, 0.4) is 0 Å². The number of hydrogen-bond donors (Lipinski definition) is 0. The summed E-state index contributed by atoms with van der Waals surface area (Å²) in [5.41, 5.74) is 20.9. The number of thiophene rings is 1. The van der Waals surface area contributed by atoms with Crippen molar-refractivity contribution in [2.75, 3.05) is 9.71 Å². The summed E-state index contributed by atoms with van der Waals surface area (Å²) in [6.45, 7) is 13.5. The molecule has 3 aromatic heterocycles. The molecule has 0 unspecified atom stereocenters. The summed E-state index contributed by atoms with van der Waals surface area (Å²) in [4.78, 5) is 7.70. The van der Waals surface area contributed by atoms with Crippen LogP contribution in [0.4, 0.5) is 28.4 Å². The summed E-state index contributed by atoms with van der Waals surface area (Å²) >= 11 is 1.88. The standard InChI is InChI=1S/C70H53BN2O2S/c1-69(2,3)45-30-33-47(34-31-45)73-59-41-63-52(48-26-16-18-28-61(48)74-63)37-51(59)53-38-54-49-27-17-19-29-62(49)75-66(54)65-64(53)71(73)57-39-55-56(68(44-24-14-9-15-25-44)76-67(55)43-22-12-8-13-23-43)40-60(57)72(65)58-35-32-46(70(4,5)6)36-50(58)42-20-10-7-11-21-42/h7-41H,1-6H3. The summed E-state index contributed by atoms with van der Waals surface area (Å²) in [7, 11) is 0. The molecule has 0 N–H and O–H groups in total. The van der Waals surface area contributed by atoms with E-state index in [9.17, 15) is 0 Å². The maximum Gasteiger partial charge on any atom is 0.333 e. The highest BCUT2D eigenvalue weighted by molar-refractivity contribution is 7.21. The largest absolute Gasteiger partial charge is 0.456 e. The first kappa shape index (κ1) is 44.9. The number of anilines is 5. The van der Waals surface area contributed by atoms with Gasteiger partial charge in [0, 0.05) is 76.3 Å². The normalized spacial score (nSPS) is 13.3. The minimum absolute atomic E-state index is 0.0305. The van der Waals surface area contributed by atoms with Gasteiger partial charge in [-0.3, -0.25) is 0 Å². The average molecular weight is 997 g/mol. The number of nitrogens with zero attached hydrogens (tertiary/aromatic N) is 2. The number of benzene rings is 10. The molecule has 15 rings (SSSR count). The van der Waals surface area contributed by atoms with Crippen molar-refractivity contribution < 1.29 is 8.83 Å². The second-order valence-corrected chi connectivity index (χ2v) is 23.8. The molecule has 4 nitrogen and oxygen atoms in total. The van der Waals surface area contributed by atoms with Crippen LogP contribution in [-0.2, 0) is 10.8 Å². The van der Waals surface area contributed by atoms with Gasteiger partial charge in [0.25, 0.3) is 0 Å². The van der Waals surface area contributed by atoms with Gasteiger partial charge in [-0.25, -0.2) is 0 Å². The van der Waals surface area contributed by atoms with E-state index in [2.05, 4.69) is 264 Å². The molecular weight excluding hydrogens is 944 g/mol. The highest BCUT2D eigenvalue weighted by atomic mass is 32.1. The van der Waals surface area contributed by atoms with Crippen LogP contribution in [-0.4, -0.2) is 6.85 Å². The molecule has 0 atom stereocenters. The monoisotopic (exact) mass is 996 g/mol. The Morgan fingerprint density at radius 3 is 1.59 bits per heavy atom. The van der Waals surface area contributed by atoms with Gasteiger partial charge in [-0.05, 0) is 110 Å². The lowest BCUT2D eigenvalue weighted by Gasteiger charge is -2.46. The first-order valence-electron chi connectivity index (χ1n) is 26.5. The molecule has 10 aromatic carbocycles. The minimum atomic E-state index is -0.300. The highest BCUT2D eigenvalue weighted by Gasteiger charge is 2.48. The van der Waals surface area contributed by atoms with Crippen LogP contribution in [0.5, 0.6) is 0 Å². The third-order valence-corrected chi connectivity index (χ3v) is 17.5. The molecule has 364 valence electrons. The van der Waals surface area contributed by atoms with Crippen LogP contribution in [0.1, 0.15) is 52.7 Å². The van der Waals surface area contributed by atoms with Gasteiger partial charge in [0.2, 0.25) is 0 Å². The van der Waals surface area contributed by atoms with Gasteiger partial charge < -0.3 is 18.5 Å². The zero-order chi connectivity index (χ0) is 51.2. The lowest BCUT2D eigenvalue weighted by molar-refractivity contribution is 0.590. The number of furan rings is 2. The predicted octanol–water partition coefficient (Wildman–Crippen LogP) is 19.0. The van der Waals surface area contributed by atoms with Gasteiger partial charge in [0.05, 0.1) is 11.4 Å². The van der Waals surface area contributed by atoms with Crippen molar-refractivity contribution in [3.05, 3.63) is 223 Å². The molecule has 0 bridgehead atoms. The first-order chi connectivity index (χ1) is 37.0. The summed E-state index contributed by atoms with van der Waals surface area (Å²) in [6.07, 6.45) is 0. The van der Waals surface area contributed by atoms with Gasteiger partial charge in [-0.2, -0.15) is 0 Å². The fourth-order valence-electron chi connectivity index (χ4n) is 12.4. The third kappa shape index (κ3) is 6.76. The molecule has 6 heteroatoms. The van der Waals surface area contributed by atoms with Gasteiger partial charge in [-0.15, -0.1) is 11.3 Å².